The summed E-state index contributed by atoms with van der Waals surface area (Å²) in [5.41, 5.74) is 4.81. The van der Waals surface area contributed by atoms with E-state index in [0.717, 1.165) is 5.90 Å². The third kappa shape index (κ3) is 2.69. The van der Waals surface area contributed by atoms with Gasteiger partial charge in [-0.3, -0.25) is 0 Å². The molecule has 0 spiro atoms. The van der Waals surface area contributed by atoms with Gasteiger partial charge in [0.15, 0.2) is 5.90 Å². The lowest BCUT2D eigenvalue weighted by molar-refractivity contribution is 0.273. The summed E-state index contributed by atoms with van der Waals surface area (Å²) in [5, 5.41) is 0. The molecule has 1 aliphatic heterocycles. The molecule has 0 aromatic heterocycles. The summed E-state index contributed by atoms with van der Waals surface area (Å²) in [6.07, 6.45) is 4.42. The molecule has 2 aliphatic rings. The molecule has 1 heterocycles. The Morgan fingerprint density at radius 3 is 1.75 bits per heavy atom. The van der Waals surface area contributed by atoms with Crippen molar-refractivity contribution in [2.24, 2.45) is 10.9 Å². The Bertz CT molecular complexity index is 773. The van der Waals surface area contributed by atoms with Crippen LogP contribution in [0.1, 0.15) is 25.0 Å². The van der Waals surface area contributed by atoms with Crippen LogP contribution in [0.25, 0.3) is 11.1 Å². The molecule has 4 rings (SSSR count). The van der Waals surface area contributed by atoms with Gasteiger partial charge in [-0.05, 0) is 36.1 Å². The fraction of sp³-hybridized carbons (Fsp3) is 0.227. The normalized spacial score (nSPS) is 19.5. The monoisotopic (exact) mass is 315 g/mol. The molecule has 0 saturated carbocycles. The highest BCUT2D eigenvalue weighted by Gasteiger charge is 2.37. The number of ether oxygens (including phenoxy) is 1. The minimum absolute atomic E-state index is 0.0663. The molecule has 0 amide bonds. The summed E-state index contributed by atoms with van der Waals surface area (Å²) in [4.78, 5) is 4.87. The highest BCUT2D eigenvalue weighted by molar-refractivity contribution is 6.07. The van der Waals surface area contributed by atoms with Crippen LogP contribution in [0.2, 0.25) is 0 Å². The molecule has 2 heteroatoms. The Kier molecular flexibility index (Phi) is 3.61. The van der Waals surface area contributed by atoms with Crippen LogP contribution >= 0.6 is 0 Å². The molecular weight excluding hydrogens is 294 g/mol. The minimum Gasteiger partial charge on any atom is -0.478 e. The molecule has 2 nitrogen and oxygen atoms in total. The second-order valence-electron chi connectivity index (χ2n) is 6.96. The van der Waals surface area contributed by atoms with Gasteiger partial charge in [-0.15, -0.1) is 0 Å². The van der Waals surface area contributed by atoms with E-state index in [4.69, 9.17) is 9.73 Å². The predicted molar refractivity (Wildman–Crippen MR) is 99.8 cm³/mol. The maximum Gasteiger partial charge on any atom is 0.196 e. The Morgan fingerprint density at radius 1 is 0.833 bits per heavy atom. The second kappa shape index (κ2) is 5.79. The summed E-state index contributed by atoms with van der Waals surface area (Å²) in [6, 6.07) is 21.0. The van der Waals surface area contributed by atoms with Crippen LogP contribution in [-0.4, -0.2) is 18.0 Å². The van der Waals surface area contributed by atoms with Crippen LogP contribution in [0.4, 0.5) is 0 Å². The van der Waals surface area contributed by atoms with E-state index in [1.54, 1.807) is 0 Å². The van der Waals surface area contributed by atoms with Crippen molar-refractivity contribution >= 4 is 17.0 Å². The van der Waals surface area contributed by atoms with E-state index in [-0.39, 0.29) is 11.5 Å². The lowest BCUT2D eigenvalue weighted by Gasteiger charge is -2.20. The van der Waals surface area contributed by atoms with E-state index < -0.39 is 0 Å². The maximum atomic E-state index is 6.02. The van der Waals surface area contributed by atoms with Gasteiger partial charge in [0.1, 0.15) is 6.61 Å². The van der Waals surface area contributed by atoms with Gasteiger partial charge in [0.25, 0.3) is 0 Å². The largest absolute Gasteiger partial charge is 0.478 e. The predicted octanol–water partition coefficient (Wildman–Crippen LogP) is 4.99. The fourth-order valence-electron chi connectivity index (χ4n) is 3.35. The van der Waals surface area contributed by atoms with E-state index in [2.05, 4.69) is 74.5 Å². The van der Waals surface area contributed by atoms with E-state index in [0.29, 0.717) is 6.61 Å². The van der Waals surface area contributed by atoms with E-state index in [1.807, 2.05) is 12.1 Å². The summed E-state index contributed by atoms with van der Waals surface area (Å²) in [7, 11) is 0. The molecule has 1 aliphatic carbocycles. The SMILES string of the molecule is CC1(C)COC(C2C(c3ccccc3)=CC=C2c2ccccc2)=N1. The van der Waals surface area contributed by atoms with Crippen molar-refractivity contribution in [2.45, 2.75) is 19.4 Å². The van der Waals surface area contributed by atoms with Gasteiger partial charge < -0.3 is 4.74 Å². The Labute approximate surface area is 143 Å². The molecule has 120 valence electrons. The van der Waals surface area contributed by atoms with Gasteiger partial charge in [-0.25, -0.2) is 4.99 Å². The third-order valence-corrected chi connectivity index (χ3v) is 4.51. The maximum absolute atomic E-state index is 6.02. The number of rotatable bonds is 3. The van der Waals surface area contributed by atoms with Crippen molar-refractivity contribution in [2.75, 3.05) is 6.61 Å². The van der Waals surface area contributed by atoms with Crippen LogP contribution in [0, 0.1) is 5.92 Å². The summed E-state index contributed by atoms with van der Waals surface area (Å²) in [6.45, 7) is 4.88. The first kappa shape index (κ1) is 14.9. The number of nitrogens with zero attached hydrogens (tertiary/aromatic N) is 1. The molecule has 2 aromatic rings. The zero-order chi connectivity index (χ0) is 16.6. The molecule has 0 radical (unpaired) electrons. The highest BCUT2D eigenvalue weighted by atomic mass is 16.5. The van der Waals surface area contributed by atoms with Gasteiger partial charge in [0.2, 0.25) is 0 Å². The summed E-state index contributed by atoms with van der Waals surface area (Å²) >= 11 is 0. The number of benzene rings is 2. The van der Waals surface area contributed by atoms with Crippen LogP contribution < -0.4 is 0 Å². The lowest BCUT2D eigenvalue weighted by Crippen LogP contribution is -2.17. The molecule has 0 atom stereocenters. The van der Waals surface area contributed by atoms with E-state index in [1.165, 1.54) is 22.3 Å². The standard InChI is InChI=1S/C22H21NO/c1-22(2)15-24-21(23-22)20-18(16-9-5-3-6-10-16)13-14-19(20)17-11-7-4-8-12-17/h3-14,20H,15H2,1-2H3. The first-order chi connectivity index (χ1) is 11.6. The van der Waals surface area contributed by atoms with Crippen molar-refractivity contribution in [3.05, 3.63) is 83.9 Å². The fourth-order valence-corrected chi connectivity index (χ4v) is 3.35. The van der Waals surface area contributed by atoms with Gasteiger partial charge in [-0.2, -0.15) is 0 Å². The number of hydrogen-bond donors (Lipinski definition) is 0. The van der Waals surface area contributed by atoms with Crippen molar-refractivity contribution in [1.82, 2.24) is 0 Å². The first-order valence-electron chi connectivity index (χ1n) is 8.39. The summed E-state index contributed by atoms with van der Waals surface area (Å²) in [5.74, 6) is 0.902. The molecule has 0 fully saturated rings. The molecule has 24 heavy (non-hydrogen) atoms. The zero-order valence-corrected chi connectivity index (χ0v) is 14.1. The smallest absolute Gasteiger partial charge is 0.196 e. The van der Waals surface area contributed by atoms with E-state index >= 15 is 0 Å². The Hall–Kier alpha value is -2.61. The molecule has 2 aromatic carbocycles. The molecular formula is C22H21NO. The average Bonchev–Trinajstić information content (AvgIpc) is 3.19. The number of aliphatic imine (C=N–C) groups is 1. The topological polar surface area (TPSA) is 21.6 Å². The minimum atomic E-state index is -0.151. The van der Waals surface area contributed by atoms with Gasteiger partial charge >= 0.3 is 0 Å². The highest BCUT2D eigenvalue weighted by Crippen LogP contribution is 2.42. The van der Waals surface area contributed by atoms with Crippen molar-refractivity contribution in [1.29, 1.82) is 0 Å². The zero-order valence-electron chi connectivity index (χ0n) is 14.1. The van der Waals surface area contributed by atoms with Crippen molar-refractivity contribution in [3.63, 3.8) is 0 Å². The van der Waals surface area contributed by atoms with Gasteiger partial charge in [0, 0.05) is 0 Å². The summed E-state index contributed by atoms with van der Waals surface area (Å²) < 4.78 is 6.02. The lowest BCUT2D eigenvalue weighted by atomic mass is 9.87. The van der Waals surface area contributed by atoms with Crippen LogP contribution in [0.15, 0.2) is 77.8 Å². The van der Waals surface area contributed by atoms with Crippen LogP contribution in [0.3, 0.4) is 0 Å². The number of hydrogen-bond acceptors (Lipinski definition) is 2. The van der Waals surface area contributed by atoms with Crippen molar-refractivity contribution < 1.29 is 4.74 Å². The molecule has 0 bridgehead atoms. The molecule has 0 N–H and O–H groups in total. The number of allylic oxidation sites excluding steroid dienone is 2. The van der Waals surface area contributed by atoms with Crippen molar-refractivity contribution in [3.8, 4) is 0 Å². The molecule has 0 unspecified atom stereocenters. The van der Waals surface area contributed by atoms with Gasteiger partial charge in [0.05, 0.1) is 11.5 Å². The van der Waals surface area contributed by atoms with E-state index in [9.17, 15) is 0 Å². The van der Waals surface area contributed by atoms with Crippen LogP contribution in [-0.2, 0) is 4.74 Å². The molecule has 0 saturated heterocycles. The second-order valence-corrected chi connectivity index (χ2v) is 6.96. The quantitative estimate of drug-likeness (QED) is 0.782. The first-order valence-corrected chi connectivity index (χ1v) is 8.39. The van der Waals surface area contributed by atoms with Crippen LogP contribution in [0.5, 0.6) is 0 Å². The third-order valence-electron chi connectivity index (χ3n) is 4.51. The Balaban J connectivity index is 1.78. The Morgan fingerprint density at radius 2 is 1.33 bits per heavy atom. The average molecular weight is 315 g/mol. The van der Waals surface area contributed by atoms with Gasteiger partial charge in [-0.1, -0.05) is 72.8 Å².